The van der Waals surface area contributed by atoms with Gasteiger partial charge in [-0.1, -0.05) is 6.07 Å². The van der Waals surface area contributed by atoms with E-state index in [0.717, 1.165) is 17.8 Å². The first-order valence-electron chi connectivity index (χ1n) is 6.83. The maximum absolute atomic E-state index is 13.5. The Morgan fingerprint density at radius 3 is 2.67 bits per heavy atom. The number of pyridine rings is 1. The molecule has 122 valence electrons. The van der Waals surface area contributed by atoms with Gasteiger partial charge >= 0.3 is 0 Å². The molecule has 0 saturated carbocycles. The number of hydrogen-bond donors (Lipinski definition) is 1. The molecular weight excluding hydrogens is 447 g/mol. The molecule has 3 rings (SSSR count). The van der Waals surface area contributed by atoms with Gasteiger partial charge in [-0.3, -0.25) is 9.78 Å². The number of carbonyl (C=O) groups is 1. The summed E-state index contributed by atoms with van der Waals surface area (Å²) in [4.78, 5) is 20.6. The first-order chi connectivity index (χ1) is 11.5. The van der Waals surface area contributed by atoms with E-state index in [2.05, 4.69) is 15.3 Å². The first-order valence-corrected chi connectivity index (χ1v) is 8.79. The van der Waals surface area contributed by atoms with E-state index in [9.17, 15) is 13.6 Å². The van der Waals surface area contributed by atoms with Crippen LogP contribution in [0.2, 0.25) is 0 Å². The average molecular weight is 457 g/mol. The zero-order chi connectivity index (χ0) is 17.1. The highest BCUT2D eigenvalue weighted by Gasteiger charge is 2.13. The number of halogens is 3. The summed E-state index contributed by atoms with van der Waals surface area (Å²) >= 11 is 2.95. The van der Waals surface area contributed by atoms with Gasteiger partial charge in [0.15, 0.2) is 0 Å². The molecule has 3 aromatic rings. The van der Waals surface area contributed by atoms with Crippen molar-refractivity contribution in [2.45, 2.75) is 6.42 Å². The molecule has 2 heterocycles. The summed E-state index contributed by atoms with van der Waals surface area (Å²) in [6.07, 6.45) is 1.68. The van der Waals surface area contributed by atoms with Crippen molar-refractivity contribution in [1.82, 2.24) is 9.97 Å². The smallest absolute Gasteiger partial charge is 0.230 e. The molecule has 0 saturated heterocycles. The fraction of sp³-hybridized carbons (Fsp3) is 0.0625. The molecule has 0 aliphatic carbocycles. The molecule has 0 aliphatic rings. The number of rotatable bonds is 4. The highest BCUT2D eigenvalue weighted by atomic mass is 127. The fourth-order valence-electron chi connectivity index (χ4n) is 1.99. The lowest BCUT2D eigenvalue weighted by Gasteiger charge is -2.06. The van der Waals surface area contributed by atoms with Crippen LogP contribution in [0.15, 0.2) is 41.9 Å². The van der Waals surface area contributed by atoms with E-state index in [0.29, 0.717) is 10.7 Å². The van der Waals surface area contributed by atoms with Gasteiger partial charge in [-0.15, -0.1) is 11.3 Å². The summed E-state index contributed by atoms with van der Waals surface area (Å²) in [6.45, 7) is 0. The zero-order valence-electron chi connectivity index (χ0n) is 12.1. The molecule has 24 heavy (non-hydrogen) atoms. The Morgan fingerprint density at radius 1 is 1.25 bits per heavy atom. The molecule has 1 N–H and O–H groups in total. The number of hydrogen-bond acceptors (Lipinski definition) is 4. The van der Waals surface area contributed by atoms with Crippen LogP contribution in [-0.4, -0.2) is 15.9 Å². The monoisotopic (exact) mass is 457 g/mol. The molecular formula is C16H10F2IN3OS. The van der Waals surface area contributed by atoms with Crippen molar-refractivity contribution in [3.63, 3.8) is 0 Å². The molecule has 0 atom stereocenters. The molecule has 0 bridgehead atoms. The van der Waals surface area contributed by atoms with Crippen LogP contribution in [0.5, 0.6) is 0 Å². The Bertz CT molecular complexity index is 863. The maximum Gasteiger partial charge on any atom is 0.230 e. The average Bonchev–Trinajstić information content (AvgIpc) is 3.01. The molecule has 0 spiro atoms. The quantitative estimate of drug-likeness (QED) is 0.471. The van der Waals surface area contributed by atoms with Crippen LogP contribution in [0, 0.1) is 15.2 Å². The topological polar surface area (TPSA) is 54.9 Å². The van der Waals surface area contributed by atoms with Crippen LogP contribution < -0.4 is 5.32 Å². The summed E-state index contributed by atoms with van der Waals surface area (Å²) in [5.74, 6) is -1.82. The van der Waals surface area contributed by atoms with Crippen LogP contribution in [0.4, 0.5) is 14.5 Å². The highest BCUT2D eigenvalue weighted by molar-refractivity contribution is 14.1. The molecule has 0 unspecified atom stereocenters. The van der Waals surface area contributed by atoms with E-state index >= 15 is 0 Å². The molecule has 0 radical (unpaired) electrons. The molecule has 1 aromatic carbocycles. The summed E-state index contributed by atoms with van der Waals surface area (Å²) in [6, 6.07) is 7.67. The third-order valence-corrected chi connectivity index (χ3v) is 4.99. The number of aromatic nitrogens is 2. The number of amides is 1. The lowest BCUT2D eigenvalue weighted by atomic mass is 10.2. The van der Waals surface area contributed by atoms with Gasteiger partial charge in [0.1, 0.15) is 16.6 Å². The van der Waals surface area contributed by atoms with Crippen molar-refractivity contribution in [3.05, 3.63) is 62.8 Å². The predicted octanol–water partition coefficient (Wildman–Crippen LogP) is 4.27. The normalized spacial score (nSPS) is 10.6. The number of anilines is 1. The number of nitrogens with zero attached hydrogens (tertiary/aromatic N) is 2. The fourth-order valence-corrected chi connectivity index (χ4v) is 3.10. The van der Waals surface area contributed by atoms with Crippen molar-refractivity contribution >= 4 is 45.5 Å². The number of benzene rings is 1. The Morgan fingerprint density at radius 2 is 2.00 bits per heavy atom. The van der Waals surface area contributed by atoms with E-state index in [1.807, 2.05) is 18.2 Å². The molecule has 1 amide bonds. The van der Waals surface area contributed by atoms with E-state index < -0.39 is 17.5 Å². The standard InChI is InChI=1S/C16H10F2IN3OS/c17-11-5-9(6-12(18)15(11)19)21-14(23)7-10-8-24-16(22-10)13-3-1-2-4-20-13/h1-6,8H,7H2,(H,21,23). The number of thiazole rings is 1. The second-order valence-electron chi connectivity index (χ2n) is 4.84. The lowest BCUT2D eigenvalue weighted by Crippen LogP contribution is -2.15. The van der Waals surface area contributed by atoms with Crippen LogP contribution in [0.25, 0.3) is 10.7 Å². The van der Waals surface area contributed by atoms with Gasteiger partial charge in [0.2, 0.25) is 5.91 Å². The number of nitrogens with one attached hydrogen (secondary N) is 1. The van der Waals surface area contributed by atoms with E-state index in [-0.39, 0.29) is 15.7 Å². The predicted molar refractivity (Wildman–Crippen MR) is 96.8 cm³/mol. The van der Waals surface area contributed by atoms with E-state index in [4.69, 9.17) is 0 Å². The third-order valence-electron chi connectivity index (χ3n) is 3.05. The molecule has 2 aromatic heterocycles. The minimum Gasteiger partial charge on any atom is -0.326 e. The summed E-state index contributed by atoms with van der Waals surface area (Å²) in [5.41, 5.74) is 1.39. The van der Waals surface area contributed by atoms with Crippen LogP contribution in [0.1, 0.15) is 5.69 Å². The Balaban J connectivity index is 1.69. The van der Waals surface area contributed by atoms with E-state index in [1.165, 1.54) is 11.3 Å². The minimum absolute atomic E-state index is 0.0125. The van der Waals surface area contributed by atoms with Crippen molar-refractivity contribution in [1.29, 1.82) is 0 Å². The minimum atomic E-state index is -0.711. The van der Waals surface area contributed by atoms with Gasteiger partial charge in [-0.25, -0.2) is 13.8 Å². The van der Waals surface area contributed by atoms with Crippen LogP contribution in [-0.2, 0) is 11.2 Å². The Hall–Kier alpha value is -1.94. The first kappa shape index (κ1) is 16.9. The van der Waals surface area contributed by atoms with Gasteiger partial charge in [0, 0.05) is 17.3 Å². The summed E-state index contributed by atoms with van der Waals surface area (Å²) < 4.78 is 26.9. The lowest BCUT2D eigenvalue weighted by molar-refractivity contribution is -0.115. The number of carbonyl (C=O) groups excluding carboxylic acids is 1. The largest absolute Gasteiger partial charge is 0.326 e. The molecule has 4 nitrogen and oxygen atoms in total. The van der Waals surface area contributed by atoms with Crippen LogP contribution >= 0.6 is 33.9 Å². The Labute approximate surface area is 154 Å². The van der Waals surface area contributed by atoms with E-state index in [1.54, 1.807) is 34.2 Å². The molecule has 8 heteroatoms. The third kappa shape index (κ3) is 3.93. The maximum atomic E-state index is 13.5. The Kier molecular flexibility index (Phi) is 5.14. The molecule has 0 aliphatic heterocycles. The second kappa shape index (κ2) is 7.31. The van der Waals surface area contributed by atoms with Crippen molar-refractivity contribution < 1.29 is 13.6 Å². The molecule has 0 fully saturated rings. The van der Waals surface area contributed by atoms with Gasteiger partial charge in [-0.2, -0.15) is 0 Å². The summed E-state index contributed by atoms with van der Waals surface area (Å²) in [7, 11) is 0. The van der Waals surface area contributed by atoms with Gasteiger partial charge in [0.05, 0.1) is 21.4 Å². The van der Waals surface area contributed by atoms with Crippen molar-refractivity contribution in [2.24, 2.45) is 0 Å². The van der Waals surface area contributed by atoms with Gasteiger partial charge in [-0.05, 0) is 46.9 Å². The van der Waals surface area contributed by atoms with Crippen LogP contribution in [0.3, 0.4) is 0 Å². The van der Waals surface area contributed by atoms with Gasteiger partial charge in [0.25, 0.3) is 0 Å². The summed E-state index contributed by atoms with van der Waals surface area (Å²) in [5, 5.41) is 4.95. The second-order valence-corrected chi connectivity index (χ2v) is 6.77. The highest BCUT2D eigenvalue weighted by Crippen LogP contribution is 2.23. The zero-order valence-corrected chi connectivity index (χ0v) is 15.1. The van der Waals surface area contributed by atoms with Crippen molar-refractivity contribution in [3.8, 4) is 10.7 Å². The van der Waals surface area contributed by atoms with Gasteiger partial charge < -0.3 is 5.32 Å². The SMILES string of the molecule is O=C(Cc1csc(-c2ccccn2)n1)Nc1cc(F)c(I)c(F)c1. The van der Waals surface area contributed by atoms with Crippen molar-refractivity contribution in [2.75, 3.05) is 5.32 Å².